The molecule has 9 heteroatoms. The zero-order chi connectivity index (χ0) is 22.8. The molecule has 1 fully saturated rings. The van der Waals surface area contributed by atoms with Gasteiger partial charge in [0.2, 0.25) is 0 Å². The van der Waals surface area contributed by atoms with Crippen LogP contribution in [0.1, 0.15) is 22.9 Å². The molecular weight excluding hydrogens is 416 g/mol. The maximum absolute atomic E-state index is 13.0. The molecule has 0 saturated carbocycles. The fourth-order valence-corrected chi connectivity index (χ4v) is 3.64. The van der Waals surface area contributed by atoms with Gasteiger partial charge in [-0.3, -0.25) is 19.7 Å². The molecule has 1 N–H and O–H groups in total. The molecule has 0 bridgehead atoms. The Morgan fingerprint density at radius 2 is 1.81 bits per heavy atom. The van der Waals surface area contributed by atoms with Crippen LogP contribution in [-0.4, -0.2) is 33.7 Å². The van der Waals surface area contributed by atoms with Crippen LogP contribution in [0, 0.1) is 10.1 Å². The fraction of sp³-hybridized carbons (Fsp3) is 0.130. The Hall–Kier alpha value is -4.40. The summed E-state index contributed by atoms with van der Waals surface area (Å²) >= 11 is 0. The molecule has 1 amide bonds. The van der Waals surface area contributed by atoms with Gasteiger partial charge in [0.05, 0.1) is 36.5 Å². The van der Waals surface area contributed by atoms with Gasteiger partial charge in [0.25, 0.3) is 17.4 Å². The molecule has 0 aliphatic carbocycles. The number of aliphatic hydroxyl groups excluding tert-OH is 1. The second-order valence-corrected chi connectivity index (χ2v) is 7.08. The van der Waals surface area contributed by atoms with Crippen molar-refractivity contribution >= 4 is 23.1 Å². The quantitative estimate of drug-likeness (QED) is 0.206. The number of Topliss-reactive ketones (excluding diaryl/α,β-unsaturated/α-hetero) is 1. The van der Waals surface area contributed by atoms with Crippen molar-refractivity contribution in [2.24, 2.45) is 0 Å². The molecule has 1 aliphatic heterocycles. The summed E-state index contributed by atoms with van der Waals surface area (Å²) in [6.07, 6.45) is 1.45. The Morgan fingerprint density at radius 1 is 1.12 bits per heavy atom. The zero-order valence-corrected chi connectivity index (χ0v) is 16.9. The third-order valence-electron chi connectivity index (χ3n) is 5.23. The standard InChI is InChI=1S/C23H18N2O7/c1-31-17-10-6-15(7-11-17)21(26)19-20(14-4-8-16(9-5-14)25(29)30)24(23(28)22(19)27)13-18-3-2-12-32-18/h2-12,20,26H,13H2,1H3/t20-/m0/s1. The molecule has 1 aliphatic rings. The van der Waals surface area contributed by atoms with E-state index < -0.39 is 22.7 Å². The van der Waals surface area contributed by atoms with Crippen LogP contribution in [-0.2, 0) is 16.1 Å². The number of hydrogen-bond donors (Lipinski definition) is 1. The van der Waals surface area contributed by atoms with Gasteiger partial charge in [-0.1, -0.05) is 0 Å². The number of furan rings is 1. The van der Waals surface area contributed by atoms with Crippen LogP contribution in [0.3, 0.4) is 0 Å². The first-order valence-corrected chi connectivity index (χ1v) is 9.60. The molecule has 3 aromatic rings. The zero-order valence-electron chi connectivity index (χ0n) is 16.9. The van der Waals surface area contributed by atoms with Gasteiger partial charge in [-0.15, -0.1) is 0 Å². The van der Waals surface area contributed by atoms with Crippen molar-refractivity contribution in [3.05, 3.63) is 99.5 Å². The minimum absolute atomic E-state index is 0.0153. The number of hydrogen-bond acceptors (Lipinski definition) is 7. The Labute approximate surface area is 182 Å². The summed E-state index contributed by atoms with van der Waals surface area (Å²) in [5, 5.41) is 22.0. The SMILES string of the molecule is COc1ccc(C(O)=C2C(=O)C(=O)N(Cc3ccco3)[C@H]2c2ccc([N+](=O)[O-])cc2)cc1. The van der Waals surface area contributed by atoms with E-state index in [4.69, 9.17) is 9.15 Å². The number of methoxy groups -OCH3 is 1. The van der Waals surface area contributed by atoms with Gasteiger partial charge in [0.1, 0.15) is 17.3 Å². The molecular formula is C23H18N2O7. The first-order chi connectivity index (χ1) is 15.4. The van der Waals surface area contributed by atoms with E-state index >= 15 is 0 Å². The molecule has 1 aromatic heterocycles. The minimum atomic E-state index is -0.956. The van der Waals surface area contributed by atoms with E-state index in [1.54, 1.807) is 36.4 Å². The number of nitro groups is 1. The molecule has 0 spiro atoms. The molecule has 9 nitrogen and oxygen atoms in total. The van der Waals surface area contributed by atoms with E-state index in [-0.39, 0.29) is 23.6 Å². The van der Waals surface area contributed by atoms with Crippen LogP contribution in [0.4, 0.5) is 5.69 Å². The second kappa shape index (κ2) is 8.38. The number of carbonyl (C=O) groups excluding carboxylic acids is 2. The molecule has 2 heterocycles. The van der Waals surface area contributed by atoms with Crippen LogP contribution < -0.4 is 4.74 Å². The number of nitrogens with zero attached hydrogens (tertiary/aromatic N) is 2. The van der Waals surface area contributed by atoms with Crippen molar-refractivity contribution in [3.8, 4) is 5.75 Å². The van der Waals surface area contributed by atoms with Gasteiger partial charge >= 0.3 is 0 Å². The number of ether oxygens (including phenoxy) is 1. The van der Waals surface area contributed by atoms with E-state index in [1.807, 2.05) is 0 Å². The van der Waals surface area contributed by atoms with Crippen LogP contribution >= 0.6 is 0 Å². The Kier molecular flexibility index (Phi) is 5.46. The maximum Gasteiger partial charge on any atom is 0.296 e. The van der Waals surface area contributed by atoms with Crippen LogP contribution in [0.15, 0.2) is 76.9 Å². The van der Waals surface area contributed by atoms with Gasteiger partial charge in [0.15, 0.2) is 0 Å². The molecule has 2 aromatic carbocycles. The van der Waals surface area contributed by atoms with Crippen LogP contribution in [0.5, 0.6) is 5.75 Å². The van der Waals surface area contributed by atoms with E-state index in [1.165, 1.54) is 42.5 Å². The van der Waals surface area contributed by atoms with Crippen molar-refractivity contribution in [1.29, 1.82) is 0 Å². The van der Waals surface area contributed by atoms with Gasteiger partial charge in [0, 0.05) is 17.7 Å². The van der Waals surface area contributed by atoms with Crippen LogP contribution in [0.2, 0.25) is 0 Å². The van der Waals surface area contributed by atoms with E-state index in [2.05, 4.69) is 0 Å². The van der Waals surface area contributed by atoms with Crippen molar-refractivity contribution in [3.63, 3.8) is 0 Å². The summed E-state index contributed by atoms with van der Waals surface area (Å²) in [5.74, 6) is -1.00. The summed E-state index contributed by atoms with van der Waals surface area (Å²) < 4.78 is 10.4. The van der Waals surface area contributed by atoms with Crippen molar-refractivity contribution in [2.75, 3.05) is 7.11 Å². The second-order valence-electron chi connectivity index (χ2n) is 7.08. The Bertz CT molecular complexity index is 1200. The van der Waals surface area contributed by atoms with Crippen molar-refractivity contribution in [1.82, 2.24) is 4.90 Å². The third-order valence-corrected chi connectivity index (χ3v) is 5.23. The highest BCUT2D eigenvalue weighted by Crippen LogP contribution is 2.40. The normalized spacial score (nSPS) is 17.5. The summed E-state index contributed by atoms with van der Waals surface area (Å²) in [4.78, 5) is 37.6. The van der Waals surface area contributed by atoms with Crippen molar-refractivity contribution < 1.29 is 28.8 Å². The highest BCUT2D eigenvalue weighted by atomic mass is 16.6. The highest BCUT2D eigenvalue weighted by Gasteiger charge is 2.46. The summed E-state index contributed by atoms with van der Waals surface area (Å²) in [6, 6.07) is 14.2. The number of benzene rings is 2. The fourth-order valence-electron chi connectivity index (χ4n) is 3.64. The summed E-state index contributed by atoms with van der Waals surface area (Å²) in [5.41, 5.74) is 0.526. The van der Waals surface area contributed by atoms with Crippen LogP contribution in [0.25, 0.3) is 5.76 Å². The number of rotatable bonds is 6. The van der Waals surface area contributed by atoms with Gasteiger partial charge in [-0.25, -0.2) is 0 Å². The molecule has 1 atom stereocenters. The summed E-state index contributed by atoms with van der Waals surface area (Å²) in [6.45, 7) is -0.0153. The molecule has 162 valence electrons. The lowest BCUT2D eigenvalue weighted by Gasteiger charge is -2.24. The molecule has 4 rings (SSSR count). The summed E-state index contributed by atoms with van der Waals surface area (Å²) in [7, 11) is 1.50. The Morgan fingerprint density at radius 3 is 2.38 bits per heavy atom. The van der Waals surface area contributed by atoms with E-state index in [0.29, 0.717) is 22.6 Å². The maximum atomic E-state index is 13.0. The minimum Gasteiger partial charge on any atom is -0.507 e. The van der Waals surface area contributed by atoms with Gasteiger partial charge < -0.3 is 19.2 Å². The number of nitro benzene ring substituents is 1. The number of non-ortho nitro benzene ring substituents is 1. The third kappa shape index (κ3) is 3.71. The first kappa shape index (κ1) is 20.9. The molecule has 0 unspecified atom stereocenters. The van der Waals surface area contributed by atoms with Crippen molar-refractivity contribution in [2.45, 2.75) is 12.6 Å². The Balaban J connectivity index is 1.84. The predicted octanol–water partition coefficient (Wildman–Crippen LogP) is 3.82. The molecule has 32 heavy (non-hydrogen) atoms. The van der Waals surface area contributed by atoms with Gasteiger partial charge in [-0.05, 0) is 54.1 Å². The van der Waals surface area contributed by atoms with E-state index in [0.717, 1.165) is 0 Å². The predicted molar refractivity (Wildman–Crippen MR) is 113 cm³/mol. The lowest BCUT2D eigenvalue weighted by atomic mass is 9.95. The number of likely N-dealkylation sites (tertiary alicyclic amines) is 1. The smallest absolute Gasteiger partial charge is 0.296 e. The first-order valence-electron chi connectivity index (χ1n) is 9.60. The number of amides is 1. The lowest BCUT2D eigenvalue weighted by molar-refractivity contribution is -0.384. The monoisotopic (exact) mass is 434 g/mol. The lowest BCUT2D eigenvalue weighted by Crippen LogP contribution is -2.29. The molecule has 1 saturated heterocycles. The number of carbonyl (C=O) groups is 2. The number of aliphatic hydroxyl groups is 1. The number of ketones is 1. The largest absolute Gasteiger partial charge is 0.507 e. The average molecular weight is 434 g/mol. The average Bonchev–Trinajstić information content (AvgIpc) is 3.41. The topological polar surface area (TPSA) is 123 Å². The highest BCUT2D eigenvalue weighted by molar-refractivity contribution is 6.46. The van der Waals surface area contributed by atoms with E-state index in [9.17, 15) is 24.8 Å². The molecule has 0 radical (unpaired) electrons. The van der Waals surface area contributed by atoms with Gasteiger partial charge in [-0.2, -0.15) is 0 Å².